The maximum absolute atomic E-state index is 12.2. The van der Waals surface area contributed by atoms with Gasteiger partial charge in [0.1, 0.15) is 0 Å². The third-order valence-corrected chi connectivity index (χ3v) is 4.28. The Labute approximate surface area is 142 Å². The van der Waals surface area contributed by atoms with E-state index in [1.54, 1.807) is 24.3 Å². The van der Waals surface area contributed by atoms with E-state index < -0.39 is 11.9 Å². The summed E-state index contributed by atoms with van der Waals surface area (Å²) in [6, 6.07) is 10.8. The van der Waals surface area contributed by atoms with E-state index in [1.807, 2.05) is 0 Å². The second kappa shape index (κ2) is 7.14. The lowest BCUT2D eigenvalue weighted by Gasteiger charge is -2.19. The van der Waals surface area contributed by atoms with Crippen molar-refractivity contribution in [3.63, 3.8) is 0 Å². The first-order chi connectivity index (χ1) is 10.4. The van der Waals surface area contributed by atoms with Gasteiger partial charge in [-0.05, 0) is 35.9 Å². The molecule has 2 aromatic carbocycles. The van der Waals surface area contributed by atoms with Crippen LogP contribution in [-0.4, -0.2) is 11.8 Å². The molecular weight excluding hydrogens is 347 g/mol. The van der Waals surface area contributed by atoms with Gasteiger partial charge >= 0.3 is 0 Å². The number of carboxylic acid groups (broad SMARTS) is 1. The molecule has 0 N–H and O–H groups in total. The molecule has 0 bridgehead atoms. The number of Topliss-reactive ketones (excluding diaryl/α,β-unsaturated/α-hetero) is 1. The molecule has 0 amide bonds. The number of halogens is 3. The molecule has 114 valence electrons. The van der Waals surface area contributed by atoms with Crippen LogP contribution in [0.15, 0.2) is 42.5 Å². The molecule has 2 rings (SSSR count). The number of hydrogen-bond acceptors (Lipinski definition) is 3. The first-order valence-corrected chi connectivity index (χ1v) is 7.47. The Morgan fingerprint density at radius 3 is 2.23 bits per heavy atom. The molecule has 0 aliphatic carbocycles. The fourth-order valence-corrected chi connectivity index (χ4v) is 2.61. The Balaban J connectivity index is 2.30. The number of ketones is 1. The van der Waals surface area contributed by atoms with Crippen molar-refractivity contribution in [1.29, 1.82) is 0 Å². The lowest BCUT2D eigenvalue weighted by molar-refractivity contribution is -0.307. The van der Waals surface area contributed by atoms with Gasteiger partial charge in [0.2, 0.25) is 0 Å². The van der Waals surface area contributed by atoms with E-state index in [-0.39, 0.29) is 27.8 Å². The zero-order valence-corrected chi connectivity index (χ0v) is 13.5. The van der Waals surface area contributed by atoms with Gasteiger partial charge in [-0.25, -0.2) is 0 Å². The molecular formula is C16H10Cl3O3-. The smallest absolute Gasteiger partial charge is 0.163 e. The fourth-order valence-electron chi connectivity index (χ4n) is 2.05. The van der Waals surface area contributed by atoms with E-state index in [2.05, 4.69) is 0 Å². The molecule has 0 fully saturated rings. The molecule has 0 saturated heterocycles. The molecule has 0 aliphatic heterocycles. The molecule has 3 nitrogen and oxygen atoms in total. The highest BCUT2D eigenvalue weighted by Gasteiger charge is 2.21. The van der Waals surface area contributed by atoms with Crippen LogP contribution in [0, 0.1) is 0 Å². The minimum atomic E-state index is -1.38. The van der Waals surface area contributed by atoms with E-state index in [0.717, 1.165) is 0 Å². The zero-order chi connectivity index (χ0) is 16.3. The van der Waals surface area contributed by atoms with E-state index >= 15 is 0 Å². The summed E-state index contributed by atoms with van der Waals surface area (Å²) in [5, 5.41) is 12.2. The average Bonchev–Trinajstić information content (AvgIpc) is 2.48. The highest BCUT2D eigenvalue weighted by molar-refractivity contribution is 6.42. The summed E-state index contributed by atoms with van der Waals surface area (Å²) in [6.45, 7) is 0. The number of rotatable bonds is 5. The summed E-state index contributed by atoms with van der Waals surface area (Å²) in [7, 11) is 0. The zero-order valence-electron chi connectivity index (χ0n) is 11.2. The molecule has 1 atom stereocenters. The molecule has 0 heterocycles. The van der Waals surface area contributed by atoms with Crippen LogP contribution in [0.25, 0.3) is 0 Å². The highest BCUT2D eigenvalue weighted by atomic mass is 35.5. The Morgan fingerprint density at radius 1 is 1.00 bits per heavy atom. The van der Waals surface area contributed by atoms with Gasteiger partial charge in [0, 0.05) is 28.9 Å². The van der Waals surface area contributed by atoms with Crippen molar-refractivity contribution in [3.05, 3.63) is 68.7 Å². The average molecular weight is 357 g/mol. The van der Waals surface area contributed by atoms with E-state index in [9.17, 15) is 14.7 Å². The number of hydrogen-bond donors (Lipinski definition) is 0. The second-order valence-corrected chi connectivity index (χ2v) is 5.87. The molecule has 22 heavy (non-hydrogen) atoms. The van der Waals surface area contributed by atoms with Crippen LogP contribution in [0.5, 0.6) is 0 Å². The second-order valence-electron chi connectivity index (χ2n) is 4.65. The van der Waals surface area contributed by atoms with Crippen LogP contribution < -0.4 is 5.11 Å². The summed E-state index contributed by atoms with van der Waals surface area (Å²) in [6.07, 6.45) is -0.274. The Morgan fingerprint density at radius 2 is 1.64 bits per heavy atom. The quantitative estimate of drug-likeness (QED) is 0.767. The van der Waals surface area contributed by atoms with Gasteiger partial charge in [-0.1, -0.05) is 46.9 Å². The molecule has 0 aliphatic rings. The summed E-state index contributed by atoms with van der Waals surface area (Å²) in [5.41, 5.74) is 0.630. The topological polar surface area (TPSA) is 57.2 Å². The summed E-state index contributed by atoms with van der Waals surface area (Å²) in [4.78, 5) is 23.6. The van der Waals surface area contributed by atoms with Crippen molar-refractivity contribution >= 4 is 46.6 Å². The van der Waals surface area contributed by atoms with Gasteiger partial charge in [0.15, 0.2) is 5.78 Å². The first-order valence-electron chi connectivity index (χ1n) is 6.33. The summed E-state index contributed by atoms with van der Waals surface area (Å²) < 4.78 is 0. The lowest BCUT2D eigenvalue weighted by atomic mass is 9.91. The number of carboxylic acids is 1. The largest absolute Gasteiger partial charge is 0.549 e. The normalized spacial score (nSPS) is 12.0. The van der Waals surface area contributed by atoms with E-state index in [0.29, 0.717) is 10.6 Å². The minimum absolute atomic E-state index is 0.113. The molecule has 0 radical (unpaired) electrons. The maximum atomic E-state index is 12.2. The van der Waals surface area contributed by atoms with Crippen LogP contribution >= 0.6 is 34.8 Å². The van der Waals surface area contributed by atoms with Crippen molar-refractivity contribution < 1.29 is 14.7 Å². The van der Waals surface area contributed by atoms with Gasteiger partial charge in [-0.3, -0.25) is 4.79 Å². The van der Waals surface area contributed by atoms with Crippen LogP contribution in [0.1, 0.15) is 28.3 Å². The van der Waals surface area contributed by atoms with Crippen molar-refractivity contribution in [2.45, 2.75) is 12.3 Å². The SMILES string of the molecule is O=C(C[C@H](C(=O)[O-])c1cccc(Cl)c1Cl)c1ccc(Cl)cc1. The van der Waals surface area contributed by atoms with Gasteiger partial charge in [0.05, 0.1) is 10.0 Å². The van der Waals surface area contributed by atoms with Crippen molar-refractivity contribution in [2.24, 2.45) is 0 Å². The van der Waals surface area contributed by atoms with Crippen LogP contribution in [0.4, 0.5) is 0 Å². The molecule has 0 aromatic heterocycles. The van der Waals surface area contributed by atoms with Gasteiger partial charge in [0.25, 0.3) is 0 Å². The number of aliphatic carboxylic acids is 1. The Bertz CT molecular complexity index is 711. The monoisotopic (exact) mass is 355 g/mol. The van der Waals surface area contributed by atoms with Gasteiger partial charge in [-0.2, -0.15) is 0 Å². The third kappa shape index (κ3) is 3.80. The number of carbonyl (C=O) groups is 2. The molecule has 0 spiro atoms. The fraction of sp³-hybridized carbons (Fsp3) is 0.125. The predicted molar refractivity (Wildman–Crippen MR) is 84.6 cm³/mol. The highest BCUT2D eigenvalue weighted by Crippen LogP contribution is 2.33. The van der Waals surface area contributed by atoms with Gasteiger partial charge < -0.3 is 9.90 Å². The standard InChI is InChI=1S/C16H11Cl3O3/c17-10-6-4-9(5-7-10)14(20)8-12(16(21)22)11-2-1-3-13(18)15(11)19/h1-7,12H,8H2,(H,21,22)/p-1/t12-/m0/s1. The Kier molecular flexibility index (Phi) is 5.46. The number of benzene rings is 2. The molecule has 0 unspecified atom stereocenters. The van der Waals surface area contributed by atoms with Crippen molar-refractivity contribution in [1.82, 2.24) is 0 Å². The summed E-state index contributed by atoms with van der Waals surface area (Å²) in [5.74, 6) is -2.90. The molecule has 6 heteroatoms. The number of carbonyl (C=O) groups excluding carboxylic acids is 2. The molecule has 2 aromatic rings. The Hall–Kier alpha value is -1.55. The van der Waals surface area contributed by atoms with E-state index in [4.69, 9.17) is 34.8 Å². The van der Waals surface area contributed by atoms with Crippen molar-refractivity contribution in [3.8, 4) is 0 Å². The van der Waals surface area contributed by atoms with Crippen LogP contribution in [-0.2, 0) is 4.79 Å². The first kappa shape index (κ1) is 16.8. The predicted octanol–water partition coefficient (Wildman–Crippen LogP) is 3.75. The summed E-state index contributed by atoms with van der Waals surface area (Å²) >= 11 is 17.7. The minimum Gasteiger partial charge on any atom is -0.549 e. The third-order valence-electron chi connectivity index (χ3n) is 3.20. The van der Waals surface area contributed by atoms with Crippen LogP contribution in [0.3, 0.4) is 0 Å². The van der Waals surface area contributed by atoms with Crippen LogP contribution in [0.2, 0.25) is 15.1 Å². The molecule has 0 saturated carbocycles. The van der Waals surface area contributed by atoms with Crippen molar-refractivity contribution in [2.75, 3.05) is 0 Å². The van der Waals surface area contributed by atoms with E-state index in [1.165, 1.54) is 18.2 Å². The lowest BCUT2D eigenvalue weighted by Crippen LogP contribution is -2.31. The maximum Gasteiger partial charge on any atom is 0.163 e. The van der Waals surface area contributed by atoms with Gasteiger partial charge in [-0.15, -0.1) is 0 Å².